The second-order valence-electron chi connectivity index (χ2n) is 8.85. The van der Waals surface area contributed by atoms with Gasteiger partial charge in [0.05, 0.1) is 11.7 Å². The van der Waals surface area contributed by atoms with Crippen molar-refractivity contribution in [2.24, 2.45) is 0 Å². The molecule has 0 spiro atoms. The van der Waals surface area contributed by atoms with Crippen LogP contribution >= 0.6 is 27.5 Å². The lowest BCUT2D eigenvalue weighted by molar-refractivity contribution is -0.130. The number of halogens is 4. The molecule has 2 aliphatic heterocycles. The van der Waals surface area contributed by atoms with E-state index in [-0.39, 0.29) is 35.6 Å². The summed E-state index contributed by atoms with van der Waals surface area (Å²) in [7, 11) is 0. The van der Waals surface area contributed by atoms with Gasteiger partial charge in [0.2, 0.25) is 5.91 Å². The summed E-state index contributed by atoms with van der Waals surface area (Å²) in [5.41, 5.74) is -0.728. The van der Waals surface area contributed by atoms with Crippen LogP contribution in [0, 0.1) is 0 Å². The summed E-state index contributed by atoms with van der Waals surface area (Å²) in [4.78, 5) is 29.3. The molecule has 2 atom stereocenters. The van der Waals surface area contributed by atoms with Gasteiger partial charge in [-0.25, -0.2) is 0 Å². The number of benzene rings is 2. The van der Waals surface area contributed by atoms with Gasteiger partial charge >= 0.3 is 5.57 Å². The maximum absolute atomic E-state index is 13.0. The molecular formula is C24H25BrClF2N3O3. The first-order valence-corrected chi connectivity index (χ1v) is 12.2. The Kier molecular flexibility index (Phi) is 6.79. The number of ether oxygens (including phenoxy) is 1. The molecule has 1 saturated heterocycles. The van der Waals surface area contributed by atoms with Crippen molar-refractivity contribution in [3.63, 3.8) is 0 Å². The third kappa shape index (κ3) is 5.00. The zero-order chi connectivity index (χ0) is 24.8. The van der Waals surface area contributed by atoms with Gasteiger partial charge in [-0.05, 0) is 78.2 Å². The number of likely N-dealkylation sites (tertiary alicyclic amines) is 1. The first-order chi connectivity index (χ1) is 15.9. The van der Waals surface area contributed by atoms with Crippen molar-refractivity contribution in [3.05, 3.63) is 52.0 Å². The van der Waals surface area contributed by atoms with Gasteiger partial charge in [-0.2, -0.15) is 0 Å². The summed E-state index contributed by atoms with van der Waals surface area (Å²) in [6, 6.07) is 9.61. The van der Waals surface area contributed by atoms with Gasteiger partial charge in [0, 0.05) is 59.3 Å². The normalized spacial score (nSPS) is 19.6. The maximum Gasteiger partial charge on any atom is 0.487 e. The molecule has 2 aliphatic rings. The number of piperidine rings is 1. The summed E-state index contributed by atoms with van der Waals surface area (Å²) in [6.07, 6.45) is 0.824. The number of carbonyl (C=O) groups is 2. The van der Waals surface area contributed by atoms with Crippen LogP contribution in [0.5, 0.6) is 5.75 Å². The number of fused-ring (bicyclic) bond motifs is 3. The molecule has 0 aliphatic carbocycles. The molecule has 0 bridgehead atoms. The lowest BCUT2D eigenvalue weighted by Crippen LogP contribution is -2.51. The number of anilines is 2. The Hall–Kier alpha value is -2.39. The average molecular weight is 557 g/mol. The highest BCUT2D eigenvalue weighted by atomic mass is 79.9. The summed E-state index contributed by atoms with van der Waals surface area (Å²) < 4.78 is 30.7. The van der Waals surface area contributed by atoms with E-state index in [4.69, 9.17) is 11.6 Å². The van der Waals surface area contributed by atoms with E-state index in [0.717, 1.165) is 22.1 Å². The van der Waals surface area contributed by atoms with Crippen molar-refractivity contribution in [2.75, 3.05) is 23.3 Å². The molecule has 2 aromatic rings. The highest BCUT2D eigenvalue weighted by Gasteiger charge is 2.44. The standard InChI is InChI=1S/C24H25BrClF2N3O3/c1-13(2)31-21-12-30(14(3)32)9-8-18(21)19-10-15(11-20(25)22(19)31)23(33)29-16-4-6-17(7-5-16)34-24(26,27)28/h4-7,10-11,13,18,21H,8-9,12H2,1-3H3,(H,29,33). The SMILES string of the molecule is CC(=O)N1CCC2c3cc(C(=O)Nc4ccc(OC(F)(F)Cl)cc4)cc(Br)c3N(C(C)C)C2C1. The van der Waals surface area contributed by atoms with Crippen LogP contribution in [0.25, 0.3) is 0 Å². The van der Waals surface area contributed by atoms with E-state index in [1.165, 1.54) is 24.3 Å². The molecule has 1 N–H and O–H groups in total. The van der Waals surface area contributed by atoms with E-state index in [1.807, 2.05) is 11.0 Å². The van der Waals surface area contributed by atoms with Gasteiger partial charge in [0.15, 0.2) is 0 Å². The maximum atomic E-state index is 13.0. The third-order valence-electron chi connectivity index (χ3n) is 6.30. The van der Waals surface area contributed by atoms with E-state index in [1.54, 1.807) is 13.0 Å². The van der Waals surface area contributed by atoms with Crippen molar-refractivity contribution in [1.82, 2.24) is 4.90 Å². The Bertz CT molecular complexity index is 1110. The number of hydrogen-bond acceptors (Lipinski definition) is 4. The first-order valence-electron chi connectivity index (χ1n) is 11.0. The fourth-order valence-electron chi connectivity index (χ4n) is 4.92. The highest BCUT2D eigenvalue weighted by Crippen LogP contribution is 2.49. The van der Waals surface area contributed by atoms with E-state index < -0.39 is 5.57 Å². The average Bonchev–Trinajstić information content (AvgIpc) is 3.08. The lowest BCUT2D eigenvalue weighted by atomic mass is 9.87. The van der Waals surface area contributed by atoms with Crippen LogP contribution in [0.3, 0.4) is 0 Å². The van der Waals surface area contributed by atoms with E-state index in [0.29, 0.717) is 24.3 Å². The minimum absolute atomic E-state index is 0.0726. The molecular weight excluding hydrogens is 532 g/mol. The smallest absolute Gasteiger partial charge is 0.420 e. The Balaban J connectivity index is 1.58. The summed E-state index contributed by atoms with van der Waals surface area (Å²) >= 11 is 8.46. The molecule has 2 aromatic carbocycles. The second kappa shape index (κ2) is 9.34. The van der Waals surface area contributed by atoms with Crippen LogP contribution in [-0.2, 0) is 4.79 Å². The third-order valence-corrected chi connectivity index (χ3v) is 6.98. The Morgan fingerprint density at radius 2 is 1.91 bits per heavy atom. The number of rotatable bonds is 5. The van der Waals surface area contributed by atoms with Gasteiger partial charge in [0.1, 0.15) is 5.75 Å². The van der Waals surface area contributed by atoms with Crippen molar-refractivity contribution in [1.29, 1.82) is 0 Å². The van der Waals surface area contributed by atoms with Gasteiger partial charge in [-0.3, -0.25) is 9.59 Å². The number of carbonyl (C=O) groups excluding carboxylic acids is 2. The molecule has 2 unspecified atom stereocenters. The van der Waals surface area contributed by atoms with Crippen LogP contribution in [0.1, 0.15) is 49.0 Å². The molecule has 6 nitrogen and oxygen atoms in total. The predicted molar refractivity (Wildman–Crippen MR) is 131 cm³/mol. The molecule has 182 valence electrons. The number of nitrogens with one attached hydrogen (secondary N) is 1. The fourth-order valence-corrected chi connectivity index (χ4v) is 5.69. The van der Waals surface area contributed by atoms with Gasteiger partial charge in [0.25, 0.3) is 5.91 Å². The van der Waals surface area contributed by atoms with Crippen LogP contribution < -0.4 is 15.0 Å². The zero-order valence-electron chi connectivity index (χ0n) is 18.9. The molecule has 10 heteroatoms. The molecule has 2 amide bonds. The summed E-state index contributed by atoms with van der Waals surface area (Å²) in [5.74, 6) is -0.148. The van der Waals surface area contributed by atoms with Gasteiger partial charge in [-0.1, -0.05) is 0 Å². The zero-order valence-corrected chi connectivity index (χ0v) is 21.3. The van der Waals surface area contributed by atoms with E-state index in [9.17, 15) is 18.4 Å². The largest absolute Gasteiger partial charge is 0.487 e. The van der Waals surface area contributed by atoms with Crippen LogP contribution in [-0.4, -0.2) is 47.5 Å². The van der Waals surface area contributed by atoms with Crippen molar-refractivity contribution in [3.8, 4) is 5.75 Å². The summed E-state index contributed by atoms with van der Waals surface area (Å²) in [6.45, 7) is 7.18. The van der Waals surface area contributed by atoms with Crippen LogP contribution in [0.15, 0.2) is 40.9 Å². The number of amides is 2. The van der Waals surface area contributed by atoms with Gasteiger partial charge in [-0.15, -0.1) is 8.78 Å². The lowest BCUT2D eigenvalue weighted by Gasteiger charge is -2.41. The number of nitrogens with zero attached hydrogens (tertiary/aromatic N) is 2. The molecule has 1 fully saturated rings. The van der Waals surface area contributed by atoms with E-state index >= 15 is 0 Å². The first kappa shape index (κ1) is 24.7. The molecule has 0 aromatic heterocycles. The van der Waals surface area contributed by atoms with Crippen molar-refractivity contribution >= 4 is 50.7 Å². The highest BCUT2D eigenvalue weighted by molar-refractivity contribution is 9.10. The molecule has 2 heterocycles. The monoisotopic (exact) mass is 555 g/mol. The van der Waals surface area contributed by atoms with Crippen LogP contribution in [0.4, 0.5) is 20.2 Å². The Labute approximate surface area is 210 Å². The second-order valence-corrected chi connectivity index (χ2v) is 10.1. The molecule has 0 saturated carbocycles. The quantitative estimate of drug-likeness (QED) is 0.473. The topological polar surface area (TPSA) is 61.9 Å². The minimum atomic E-state index is -3.80. The van der Waals surface area contributed by atoms with Gasteiger partial charge < -0.3 is 19.9 Å². The van der Waals surface area contributed by atoms with E-state index in [2.05, 4.69) is 44.7 Å². The molecule has 0 radical (unpaired) electrons. The number of hydrogen-bond donors (Lipinski definition) is 1. The molecule has 34 heavy (non-hydrogen) atoms. The van der Waals surface area contributed by atoms with Crippen molar-refractivity contribution in [2.45, 2.75) is 50.8 Å². The summed E-state index contributed by atoms with van der Waals surface area (Å²) in [5, 5.41) is 2.79. The molecule has 4 rings (SSSR count). The van der Waals surface area contributed by atoms with Crippen molar-refractivity contribution < 1.29 is 23.1 Å². The minimum Gasteiger partial charge on any atom is -0.420 e. The Morgan fingerprint density at radius 3 is 2.50 bits per heavy atom. The predicted octanol–water partition coefficient (Wildman–Crippen LogP) is 5.80. The number of alkyl halides is 3. The Morgan fingerprint density at radius 1 is 1.24 bits per heavy atom. The fraction of sp³-hybridized carbons (Fsp3) is 0.417. The van der Waals surface area contributed by atoms with Crippen LogP contribution in [0.2, 0.25) is 0 Å².